The van der Waals surface area contributed by atoms with E-state index < -0.39 is 6.10 Å². The van der Waals surface area contributed by atoms with Crippen LogP contribution in [0, 0.1) is 0 Å². The average Bonchev–Trinajstić information content (AvgIpc) is 2.47. The first-order valence-electron chi connectivity index (χ1n) is 6.86. The lowest BCUT2D eigenvalue weighted by Crippen LogP contribution is -2.32. The molecular formula is C16H19ClN2O2. The number of aliphatic hydroxyl groups is 1. The van der Waals surface area contributed by atoms with Gasteiger partial charge in [-0.3, -0.25) is 0 Å². The van der Waals surface area contributed by atoms with E-state index >= 15 is 0 Å². The molecule has 1 aromatic carbocycles. The van der Waals surface area contributed by atoms with Crippen molar-refractivity contribution in [2.24, 2.45) is 0 Å². The van der Waals surface area contributed by atoms with Crippen LogP contribution in [-0.2, 0) is 6.42 Å². The number of pyridine rings is 1. The second kappa shape index (κ2) is 7.41. The third-order valence-electron chi connectivity index (χ3n) is 3.22. The number of benzene rings is 1. The molecule has 2 rings (SSSR count). The van der Waals surface area contributed by atoms with Gasteiger partial charge in [-0.1, -0.05) is 29.8 Å². The second-order valence-corrected chi connectivity index (χ2v) is 5.47. The largest absolute Gasteiger partial charge is 0.508 e. The Morgan fingerprint density at radius 1 is 1.19 bits per heavy atom. The summed E-state index contributed by atoms with van der Waals surface area (Å²) in [4.78, 5) is 4.09. The first-order chi connectivity index (χ1) is 10.0. The highest BCUT2D eigenvalue weighted by Crippen LogP contribution is 2.14. The lowest BCUT2D eigenvalue weighted by atomic mass is 10.1. The number of hydrogen-bond acceptors (Lipinski definition) is 4. The molecule has 5 heteroatoms. The highest BCUT2D eigenvalue weighted by atomic mass is 35.5. The van der Waals surface area contributed by atoms with Crippen molar-refractivity contribution in [1.82, 2.24) is 10.3 Å². The number of hydrogen-bond donors (Lipinski definition) is 3. The van der Waals surface area contributed by atoms with E-state index in [2.05, 4.69) is 10.3 Å². The summed E-state index contributed by atoms with van der Waals surface area (Å²) in [5.74, 6) is 0.266. The van der Waals surface area contributed by atoms with E-state index in [9.17, 15) is 10.2 Å². The smallest absolute Gasteiger partial charge is 0.129 e. The van der Waals surface area contributed by atoms with Crippen molar-refractivity contribution >= 4 is 11.6 Å². The summed E-state index contributed by atoms with van der Waals surface area (Å²) in [5.41, 5.74) is 1.69. The number of aliphatic hydroxyl groups excluding tert-OH is 1. The Kier molecular flexibility index (Phi) is 5.56. The number of aromatic hydroxyl groups is 1. The van der Waals surface area contributed by atoms with Crippen LogP contribution in [0.2, 0.25) is 5.15 Å². The predicted molar refractivity (Wildman–Crippen MR) is 83.5 cm³/mol. The second-order valence-electron chi connectivity index (χ2n) is 5.08. The number of rotatable bonds is 6. The summed E-state index contributed by atoms with van der Waals surface area (Å²) in [6, 6.07) is 12.5. The quantitative estimate of drug-likeness (QED) is 0.718. The molecule has 0 fully saturated rings. The van der Waals surface area contributed by atoms with Crippen LogP contribution in [0.5, 0.6) is 5.75 Å². The van der Waals surface area contributed by atoms with Crippen molar-refractivity contribution in [3.8, 4) is 5.75 Å². The first kappa shape index (κ1) is 15.8. The van der Waals surface area contributed by atoms with Crippen LogP contribution in [0.3, 0.4) is 0 Å². The maximum absolute atomic E-state index is 10.1. The van der Waals surface area contributed by atoms with Gasteiger partial charge >= 0.3 is 0 Å². The Labute approximate surface area is 129 Å². The van der Waals surface area contributed by atoms with E-state index in [-0.39, 0.29) is 11.8 Å². The van der Waals surface area contributed by atoms with Crippen LogP contribution in [0.15, 0.2) is 42.5 Å². The standard InChI is InChI=1S/C16H19ClN2O2/c1-11(9-12-5-7-13(20)8-6-12)18-10-15(21)14-3-2-4-16(17)19-14/h2-8,11,15,18,20-21H,9-10H2,1H3/t11-,15?/m1/s1. The molecule has 3 N–H and O–H groups in total. The van der Waals surface area contributed by atoms with Crippen molar-refractivity contribution in [1.29, 1.82) is 0 Å². The minimum atomic E-state index is -0.689. The molecular weight excluding hydrogens is 288 g/mol. The molecule has 1 unspecified atom stereocenters. The van der Waals surface area contributed by atoms with Gasteiger partial charge in [0.2, 0.25) is 0 Å². The zero-order chi connectivity index (χ0) is 15.2. The molecule has 1 aromatic heterocycles. The molecule has 2 atom stereocenters. The molecule has 2 aromatic rings. The molecule has 0 spiro atoms. The molecule has 112 valence electrons. The fraction of sp³-hybridized carbons (Fsp3) is 0.312. The molecule has 4 nitrogen and oxygen atoms in total. The zero-order valence-corrected chi connectivity index (χ0v) is 12.6. The van der Waals surface area contributed by atoms with Gasteiger partial charge in [0.25, 0.3) is 0 Å². The maximum Gasteiger partial charge on any atom is 0.129 e. The van der Waals surface area contributed by atoms with E-state index in [0.29, 0.717) is 17.4 Å². The minimum Gasteiger partial charge on any atom is -0.508 e. The highest BCUT2D eigenvalue weighted by molar-refractivity contribution is 6.29. The van der Waals surface area contributed by atoms with E-state index in [1.807, 2.05) is 19.1 Å². The predicted octanol–water partition coefficient (Wildman–Crippen LogP) is 2.69. The molecule has 0 aliphatic carbocycles. The topological polar surface area (TPSA) is 65.4 Å². The van der Waals surface area contributed by atoms with Crippen molar-refractivity contribution < 1.29 is 10.2 Å². The van der Waals surface area contributed by atoms with Crippen molar-refractivity contribution in [3.63, 3.8) is 0 Å². The SMILES string of the molecule is C[C@H](Cc1ccc(O)cc1)NCC(O)c1cccc(Cl)n1. The van der Waals surface area contributed by atoms with Gasteiger partial charge in [-0.05, 0) is 43.2 Å². The first-order valence-corrected chi connectivity index (χ1v) is 7.24. The molecule has 21 heavy (non-hydrogen) atoms. The summed E-state index contributed by atoms with van der Waals surface area (Å²) in [6.45, 7) is 2.46. The van der Waals surface area contributed by atoms with Gasteiger partial charge in [-0.2, -0.15) is 0 Å². The molecule has 0 bridgehead atoms. The molecule has 0 saturated heterocycles. The van der Waals surface area contributed by atoms with Gasteiger partial charge in [0, 0.05) is 12.6 Å². The van der Waals surface area contributed by atoms with E-state index in [0.717, 1.165) is 12.0 Å². The third kappa shape index (κ3) is 5.01. The molecule has 1 heterocycles. The molecule has 0 radical (unpaired) electrons. The summed E-state index contributed by atoms with van der Waals surface area (Å²) >= 11 is 5.81. The van der Waals surface area contributed by atoms with Gasteiger partial charge < -0.3 is 15.5 Å². The molecule has 0 saturated carbocycles. The summed E-state index contributed by atoms with van der Waals surface area (Å²) in [6.07, 6.45) is 0.127. The normalized spacial score (nSPS) is 13.9. The Bertz CT molecular complexity index is 575. The molecule has 0 aliphatic rings. The van der Waals surface area contributed by atoms with Gasteiger partial charge in [-0.25, -0.2) is 4.98 Å². The van der Waals surface area contributed by atoms with Crippen LogP contribution in [0.25, 0.3) is 0 Å². The van der Waals surface area contributed by atoms with E-state index in [1.165, 1.54) is 0 Å². The number of aromatic nitrogens is 1. The summed E-state index contributed by atoms with van der Waals surface area (Å²) < 4.78 is 0. The lowest BCUT2D eigenvalue weighted by molar-refractivity contribution is 0.166. The van der Waals surface area contributed by atoms with Crippen molar-refractivity contribution in [2.75, 3.05) is 6.54 Å². The summed E-state index contributed by atoms with van der Waals surface area (Å²) in [7, 11) is 0. The van der Waals surface area contributed by atoms with Crippen LogP contribution in [0.1, 0.15) is 24.3 Å². The summed E-state index contributed by atoms with van der Waals surface area (Å²) in [5, 5.41) is 23.0. The zero-order valence-electron chi connectivity index (χ0n) is 11.8. The van der Waals surface area contributed by atoms with Crippen LogP contribution < -0.4 is 5.32 Å². The number of nitrogens with one attached hydrogen (secondary N) is 1. The number of phenolic OH excluding ortho intramolecular Hbond substituents is 1. The Hall–Kier alpha value is -1.62. The monoisotopic (exact) mass is 306 g/mol. The highest BCUT2D eigenvalue weighted by Gasteiger charge is 2.11. The van der Waals surface area contributed by atoms with Gasteiger partial charge in [-0.15, -0.1) is 0 Å². The van der Waals surface area contributed by atoms with Crippen LogP contribution in [-0.4, -0.2) is 27.8 Å². The average molecular weight is 307 g/mol. The Morgan fingerprint density at radius 2 is 1.90 bits per heavy atom. The third-order valence-corrected chi connectivity index (χ3v) is 3.43. The lowest BCUT2D eigenvalue weighted by Gasteiger charge is -2.17. The molecule has 0 aliphatic heterocycles. The molecule has 0 amide bonds. The Morgan fingerprint density at radius 3 is 2.57 bits per heavy atom. The van der Waals surface area contributed by atoms with Crippen molar-refractivity contribution in [2.45, 2.75) is 25.5 Å². The van der Waals surface area contributed by atoms with E-state index in [1.54, 1.807) is 30.3 Å². The minimum absolute atomic E-state index is 0.198. The maximum atomic E-state index is 10.1. The Balaban J connectivity index is 1.83. The number of phenols is 1. The fourth-order valence-corrected chi connectivity index (χ4v) is 2.26. The van der Waals surface area contributed by atoms with Gasteiger partial charge in [0.1, 0.15) is 17.0 Å². The van der Waals surface area contributed by atoms with Crippen LogP contribution in [0.4, 0.5) is 0 Å². The van der Waals surface area contributed by atoms with Crippen molar-refractivity contribution in [3.05, 3.63) is 58.9 Å². The van der Waals surface area contributed by atoms with Gasteiger partial charge in [0.05, 0.1) is 5.69 Å². The number of halogens is 1. The fourth-order valence-electron chi connectivity index (χ4n) is 2.08. The van der Waals surface area contributed by atoms with Gasteiger partial charge in [0.15, 0.2) is 0 Å². The van der Waals surface area contributed by atoms with E-state index in [4.69, 9.17) is 11.6 Å². The van der Waals surface area contributed by atoms with Crippen LogP contribution >= 0.6 is 11.6 Å². The number of nitrogens with zero attached hydrogens (tertiary/aromatic N) is 1.